The van der Waals surface area contributed by atoms with Crippen LogP contribution in [0.15, 0.2) is 18.2 Å². The van der Waals surface area contributed by atoms with Crippen LogP contribution in [0.2, 0.25) is 0 Å². The fourth-order valence-electron chi connectivity index (χ4n) is 1.99. The summed E-state index contributed by atoms with van der Waals surface area (Å²) in [6.07, 6.45) is -0.757. The Kier molecular flexibility index (Phi) is 6.73. The lowest BCUT2D eigenvalue weighted by Crippen LogP contribution is -2.41. The zero-order valence-electron chi connectivity index (χ0n) is 16.1. The molecule has 0 heterocycles. The van der Waals surface area contributed by atoms with E-state index in [1.807, 2.05) is 6.07 Å². The number of hydrogen-bond donors (Lipinski definition) is 0. The molecule has 0 saturated heterocycles. The number of benzene rings is 1. The number of carbonyl (C=O) groups excluding carboxylic acids is 2. The fourth-order valence-corrected chi connectivity index (χ4v) is 1.99. The average molecular weight is 364 g/mol. The number of ether oxygens (including phenoxy) is 2. The molecule has 0 fully saturated rings. The van der Waals surface area contributed by atoms with Crippen molar-refractivity contribution >= 4 is 12.1 Å². The van der Waals surface area contributed by atoms with Crippen LogP contribution in [0.3, 0.4) is 0 Å². The topological polar surface area (TPSA) is 79.6 Å². The van der Waals surface area contributed by atoms with Crippen molar-refractivity contribution in [2.75, 3.05) is 6.54 Å². The van der Waals surface area contributed by atoms with Crippen LogP contribution in [0.25, 0.3) is 0 Å². The molecule has 0 radical (unpaired) electrons. The maximum absolute atomic E-state index is 14.2. The maximum atomic E-state index is 14.2. The molecule has 26 heavy (non-hydrogen) atoms. The number of hydrogen-bond acceptors (Lipinski definition) is 5. The second-order valence-electron chi connectivity index (χ2n) is 7.84. The van der Waals surface area contributed by atoms with E-state index in [4.69, 9.17) is 14.7 Å². The number of nitrogens with zero attached hydrogens (tertiary/aromatic N) is 2. The Hall–Kier alpha value is -2.62. The van der Waals surface area contributed by atoms with Crippen molar-refractivity contribution in [3.05, 3.63) is 35.1 Å². The molecule has 1 aromatic carbocycles. The fraction of sp³-hybridized carbons (Fsp3) is 0.526. The highest BCUT2D eigenvalue weighted by Gasteiger charge is 2.27. The average Bonchev–Trinajstić information content (AvgIpc) is 2.44. The third-order valence-electron chi connectivity index (χ3n) is 2.94. The van der Waals surface area contributed by atoms with Gasteiger partial charge in [0.1, 0.15) is 23.6 Å². The van der Waals surface area contributed by atoms with Gasteiger partial charge in [0.25, 0.3) is 0 Å². The summed E-state index contributed by atoms with van der Waals surface area (Å²) < 4.78 is 24.7. The van der Waals surface area contributed by atoms with Gasteiger partial charge in [-0.3, -0.25) is 9.69 Å². The zero-order chi connectivity index (χ0) is 20.1. The maximum Gasteiger partial charge on any atom is 0.411 e. The van der Waals surface area contributed by atoms with E-state index in [0.29, 0.717) is 0 Å². The van der Waals surface area contributed by atoms with E-state index in [0.717, 1.165) is 11.0 Å². The molecule has 1 aromatic rings. The molecule has 0 N–H and O–H groups in total. The molecule has 1 rings (SSSR count). The number of halogens is 1. The summed E-state index contributed by atoms with van der Waals surface area (Å²) in [4.78, 5) is 25.6. The van der Waals surface area contributed by atoms with Crippen LogP contribution in [0.1, 0.15) is 52.7 Å². The molecule has 0 aliphatic heterocycles. The highest BCUT2D eigenvalue weighted by molar-refractivity contribution is 5.78. The van der Waals surface area contributed by atoms with Gasteiger partial charge in [-0.25, -0.2) is 9.18 Å². The Balaban J connectivity index is 3.02. The Morgan fingerprint density at radius 2 is 1.69 bits per heavy atom. The van der Waals surface area contributed by atoms with Crippen molar-refractivity contribution in [1.29, 1.82) is 5.26 Å². The van der Waals surface area contributed by atoms with Crippen LogP contribution in [-0.4, -0.2) is 34.7 Å². The largest absolute Gasteiger partial charge is 0.459 e. The summed E-state index contributed by atoms with van der Waals surface area (Å²) in [6.45, 7) is 9.64. The van der Waals surface area contributed by atoms with Crippen LogP contribution in [0.4, 0.5) is 9.18 Å². The van der Waals surface area contributed by atoms with Crippen molar-refractivity contribution in [2.24, 2.45) is 0 Å². The molecule has 1 amide bonds. The lowest BCUT2D eigenvalue weighted by atomic mass is 10.1. The Labute approximate surface area is 153 Å². The highest BCUT2D eigenvalue weighted by Crippen LogP contribution is 2.17. The molecule has 0 spiro atoms. The molecule has 0 atom stereocenters. The molecule has 0 bridgehead atoms. The molecule has 7 heteroatoms. The molecular weight excluding hydrogens is 339 g/mol. The number of rotatable bonds is 4. The quantitative estimate of drug-likeness (QED) is 0.760. The molecule has 0 unspecified atom stereocenters. The standard InChI is InChI=1S/C19H25FN2O4/c1-18(2,3)25-16(23)12-22(17(24)26-19(4,5)6)11-14-8-7-13(10-21)9-15(14)20/h7-9H,11-12H2,1-6H3. The van der Waals surface area contributed by atoms with E-state index in [-0.39, 0.29) is 24.2 Å². The molecule has 142 valence electrons. The van der Waals surface area contributed by atoms with Crippen LogP contribution in [0.5, 0.6) is 0 Å². The summed E-state index contributed by atoms with van der Waals surface area (Å²) in [6, 6.07) is 5.77. The summed E-state index contributed by atoms with van der Waals surface area (Å²) in [5, 5.41) is 8.82. The number of carbonyl (C=O) groups is 2. The van der Waals surface area contributed by atoms with Gasteiger partial charge in [0.15, 0.2) is 0 Å². The van der Waals surface area contributed by atoms with E-state index in [1.54, 1.807) is 41.5 Å². The zero-order valence-corrected chi connectivity index (χ0v) is 16.1. The number of nitriles is 1. The van der Waals surface area contributed by atoms with Gasteiger partial charge in [-0.15, -0.1) is 0 Å². The van der Waals surface area contributed by atoms with E-state index in [2.05, 4.69) is 0 Å². The number of amides is 1. The van der Waals surface area contributed by atoms with Crippen molar-refractivity contribution < 1.29 is 23.5 Å². The first-order valence-corrected chi connectivity index (χ1v) is 8.19. The molecule has 6 nitrogen and oxygen atoms in total. The lowest BCUT2D eigenvalue weighted by Gasteiger charge is -2.28. The minimum Gasteiger partial charge on any atom is -0.459 e. The first-order chi connectivity index (χ1) is 11.8. The lowest BCUT2D eigenvalue weighted by molar-refractivity contribution is -0.156. The molecular formula is C19H25FN2O4. The monoisotopic (exact) mass is 364 g/mol. The summed E-state index contributed by atoms with van der Waals surface area (Å²) in [7, 11) is 0. The molecule has 0 aliphatic carbocycles. The third-order valence-corrected chi connectivity index (χ3v) is 2.94. The summed E-state index contributed by atoms with van der Waals surface area (Å²) in [5.41, 5.74) is -1.15. The smallest absolute Gasteiger partial charge is 0.411 e. The van der Waals surface area contributed by atoms with Gasteiger partial charge in [-0.2, -0.15) is 5.26 Å². The van der Waals surface area contributed by atoms with Gasteiger partial charge >= 0.3 is 12.1 Å². The van der Waals surface area contributed by atoms with E-state index in [1.165, 1.54) is 12.1 Å². The van der Waals surface area contributed by atoms with Gasteiger partial charge in [-0.05, 0) is 53.7 Å². The second-order valence-corrected chi connectivity index (χ2v) is 7.84. The molecule has 0 aromatic heterocycles. The van der Waals surface area contributed by atoms with Crippen LogP contribution in [0, 0.1) is 17.1 Å². The van der Waals surface area contributed by atoms with Crippen LogP contribution in [-0.2, 0) is 20.8 Å². The molecule has 0 aliphatic rings. The van der Waals surface area contributed by atoms with Gasteiger partial charge in [0, 0.05) is 5.56 Å². The predicted molar refractivity (Wildman–Crippen MR) is 93.6 cm³/mol. The van der Waals surface area contributed by atoms with Crippen LogP contribution < -0.4 is 0 Å². The minimum absolute atomic E-state index is 0.165. The van der Waals surface area contributed by atoms with Gasteiger partial charge in [0.2, 0.25) is 0 Å². The van der Waals surface area contributed by atoms with Crippen molar-refractivity contribution in [2.45, 2.75) is 59.3 Å². The summed E-state index contributed by atoms with van der Waals surface area (Å²) in [5.74, 6) is -1.26. The van der Waals surface area contributed by atoms with Crippen molar-refractivity contribution in [3.63, 3.8) is 0 Å². The first kappa shape index (κ1) is 21.4. The summed E-state index contributed by atoms with van der Waals surface area (Å²) >= 11 is 0. The normalized spacial score (nSPS) is 11.5. The van der Waals surface area contributed by atoms with Gasteiger partial charge < -0.3 is 9.47 Å². The highest BCUT2D eigenvalue weighted by atomic mass is 19.1. The van der Waals surface area contributed by atoms with E-state index < -0.39 is 29.1 Å². The minimum atomic E-state index is -0.771. The second kappa shape index (κ2) is 8.17. The van der Waals surface area contributed by atoms with E-state index >= 15 is 0 Å². The van der Waals surface area contributed by atoms with Gasteiger partial charge in [0.05, 0.1) is 18.2 Å². The third kappa shape index (κ3) is 7.51. The number of esters is 1. The first-order valence-electron chi connectivity index (χ1n) is 8.19. The molecule has 0 saturated carbocycles. The predicted octanol–water partition coefficient (Wildman–Crippen LogP) is 3.78. The Bertz CT molecular complexity index is 712. The SMILES string of the molecule is CC(C)(C)OC(=O)CN(Cc1ccc(C#N)cc1F)C(=O)OC(C)(C)C. The Morgan fingerprint density at radius 1 is 1.12 bits per heavy atom. The Morgan fingerprint density at radius 3 is 2.15 bits per heavy atom. The van der Waals surface area contributed by atoms with Crippen LogP contribution >= 0.6 is 0 Å². The van der Waals surface area contributed by atoms with E-state index in [9.17, 15) is 14.0 Å². The van der Waals surface area contributed by atoms with Crippen molar-refractivity contribution in [3.8, 4) is 6.07 Å². The van der Waals surface area contributed by atoms with Gasteiger partial charge in [-0.1, -0.05) is 6.07 Å². The van der Waals surface area contributed by atoms with Crippen molar-refractivity contribution in [1.82, 2.24) is 4.90 Å².